The van der Waals surface area contributed by atoms with Crippen LogP contribution in [0.1, 0.15) is 11.1 Å². The second kappa shape index (κ2) is 15.7. The van der Waals surface area contributed by atoms with Crippen molar-refractivity contribution in [1.29, 1.82) is 0 Å². The van der Waals surface area contributed by atoms with Gasteiger partial charge in [-0.15, -0.1) is 0 Å². The maximum Gasteiger partial charge on any atom is -0.000720 e. The van der Waals surface area contributed by atoms with E-state index in [2.05, 4.69) is 257 Å². The van der Waals surface area contributed by atoms with Gasteiger partial charge >= 0.3 is 0 Å². The highest BCUT2D eigenvalue weighted by molar-refractivity contribution is 6.31. The normalized spacial score (nSPS) is 12.0. The van der Waals surface area contributed by atoms with Crippen molar-refractivity contribution in [3.05, 3.63) is 254 Å². The van der Waals surface area contributed by atoms with Gasteiger partial charge in [0.1, 0.15) is 0 Å². The Labute approximate surface area is 419 Å². The highest BCUT2D eigenvalue weighted by atomic mass is 14.4. The van der Waals surface area contributed by atoms with E-state index < -0.39 is 0 Å². The lowest BCUT2D eigenvalue weighted by molar-refractivity contribution is 1.38. The summed E-state index contributed by atoms with van der Waals surface area (Å²) in [5.74, 6) is 0. The minimum atomic E-state index is 1.23. The molecule has 72 heavy (non-hydrogen) atoms. The zero-order valence-electron chi connectivity index (χ0n) is 40.1. The van der Waals surface area contributed by atoms with Crippen LogP contribution in [0.5, 0.6) is 0 Å². The van der Waals surface area contributed by atoms with Crippen LogP contribution >= 0.6 is 0 Å². The van der Waals surface area contributed by atoms with Gasteiger partial charge in [-0.3, -0.25) is 0 Å². The van der Waals surface area contributed by atoms with Gasteiger partial charge in [-0.05, 0) is 198 Å². The molecule has 13 aromatic carbocycles. The first-order chi connectivity index (χ1) is 35.6. The Morgan fingerprint density at radius 3 is 1.17 bits per heavy atom. The van der Waals surface area contributed by atoms with E-state index in [9.17, 15) is 0 Å². The van der Waals surface area contributed by atoms with E-state index in [4.69, 9.17) is 0 Å². The predicted molar refractivity (Wildman–Crippen MR) is 307 cm³/mol. The molecule has 0 saturated carbocycles. The Bertz CT molecular complexity index is 4390. The van der Waals surface area contributed by atoms with E-state index in [-0.39, 0.29) is 0 Å². The summed E-state index contributed by atoms with van der Waals surface area (Å²) in [7, 11) is 0. The molecule has 0 amide bonds. The van der Waals surface area contributed by atoms with Gasteiger partial charge in [-0.2, -0.15) is 0 Å². The molecule has 334 valence electrons. The molecule has 13 aromatic rings. The molecule has 0 aliphatic heterocycles. The van der Waals surface area contributed by atoms with Crippen LogP contribution in [0.3, 0.4) is 0 Å². The van der Waals surface area contributed by atoms with Crippen LogP contribution in [-0.2, 0) is 0 Å². The van der Waals surface area contributed by atoms with Crippen molar-refractivity contribution in [2.75, 3.05) is 0 Å². The van der Waals surface area contributed by atoms with Gasteiger partial charge in [0.15, 0.2) is 0 Å². The predicted octanol–water partition coefficient (Wildman–Crippen LogP) is 20.2. The number of hydrogen-bond acceptors (Lipinski definition) is 0. The molecule has 0 bridgehead atoms. The van der Waals surface area contributed by atoms with E-state index in [1.807, 2.05) is 0 Å². The molecule has 2 aliphatic rings. The first-order valence-electron chi connectivity index (χ1n) is 25.3. The molecule has 0 unspecified atom stereocenters. The Hall–Kier alpha value is -9.10. The Morgan fingerprint density at radius 1 is 0.194 bits per heavy atom. The van der Waals surface area contributed by atoms with Crippen LogP contribution in [0, 0.1) is 13.8 Å². The molecular weight excluding hydrogens is 865 g/mol. The van der Waals surface area contributed by atoms with Crippen LogP contribution in [0.2, 0.25) is 0 Å². The van der Waals surface area contributed by atoms with Gasteiger partial charge in [-0.25, -0.2) is 0 Å². The van der Waals surface area contributed by atoms with Crippen molar-refractivity contribution in [2.45, 2.75) is 13.8 Å². The SMILES string of the molecule is Cc1cccc(C)c1-c1ccc2c(-c3ccccc3)c3c(c(-c4ccccc4)c2c1)-c1cccc2c(-c4cc5c6c(cccc6c4)-c4c-5c(-c5ccccc5)c5ccccc5c4-c4ccccc4)ccc-3c12. The maximum absolute atomic E-state index is 2.52. The monoisotopic (exact) mass is 910 g/mol. The molecule has 0 spiro atoms. The van der Waals surface area contributed by atoms with E-state index in [1.54, 1.807) is 0 Å². The van der Waals surface area contributed by atoms with Crippen LogP contribution in [0.15, 0.2) is 243 Å². The average Bonchev–Trinajstić information content (AvgIpc) is 3.94. The molecule has 2 aliphatic carbocycles. The van der Waals surface area contributed by atoms with Crippen molar-refractivity contribution in [1.82, 2.24) is 0 Å². The number of aryl methyl sites for hydroxylation is 2. The molecule has 0 heteroatoms. The molecule has 15 rings (SSSR count). The molecule has 0 saturated heterocycles. The van der Waals surface area contributed by atoms with Gasteiger partial charge in [0.25, 0.3) is 0 Å². The van der Waals surface area contributed by atoms with Crippen molar-refractivity contribution < 1.29 is 0 Å². The third-order valence-corrected chi connectivity index (χ3v) is 15.9. The largest absolute Gasteiger partial charge is 0.0622 e. The summed E-state index contributed by atoms with van der Waals surface area (Å²) in [5, 5.41) is 10.3. The lowest BCUT2D eigenvalue weighted by atomic mass is 9.81. The quantitative estimate of drug-likeness (QED) is 0.156. The highest BCUT2D eigenvalue weighted by Crippen LogP contribution is 2.61. The second-order valence-corrected chi connectivity index (χ2v) is 19.9. The molecule has 0 aromatic heterocycles. The Morgan fingerprint density at radius 2 is 0.611 bits per heavy atom. The lowest BCUT2D eigenvalue weighted by Crippen LogP contribution is -1.95. The Balaban J connectivity index is 1.03. The van der Waals surface area contributed by atoms with E-state index in [1.165, 1.54) is 165 Å². The highest BCUT2D eigenvalue weighted by Gasteiger charge is 2.34. The summed E-state index contributed by atoms with van der Waals surface area (Å²) in [5.41, 5.74) is 28.1. The van der Waals surface area contributed by atoms with Gasteiger partial charge < -0.3 is 0 Å². The number of hydrogen-bond donors (Lipinski definition) is 0. The molecule has 0 fully saturated rings. The summed E-state index contributed by atoms with van der Waals surface area (Å²) in [6, 6.07) is 91.1. The fraction of sp³-hybridized carbons (Fsp3) is 0.0278. The molecule has 0 N–H and O–H groups in total. The topological polar surface area (TPSA) is 0 Å². The number of benzene rings is 13. The van der Waals surface area contributed by atoms with Gasteiger partial charge in [-0.1, -0.05) is 224 Å². The van der Waals surface area contributed by atoms with Crippen LogP contribution in [0.4, 0.5) is 0 Å². The van der Waals surface area contributed by atoms with Crippen molar-refractivity contribution >= 4 is 43.1 Å². The van der Waals surface area contributed by atoms with E-state index in [0.29, 0.717) is 0 Å². The van der Waals surface area contributed by atoms with E-state index in [0.717, 1.165) is 0 Å². The zero-order valence-corrected chi connectivity index (χ0v) is 40.1. The maximum atomic E-state index is 2.52. The van der Waals surface area contributed by atoms with Crippen LogP contribution in [-0.4, -0.2) is 0 Å². The summed E-state index contributed by atoms with van der Waals surface area (Å²) < 4.78 is 0. The lowest BCUT2D eigenvalue weighted by Gasteiger charge is -2.21. The Kier molecular flexibility index (Phi) is 8.89. The summed E-state index contributed by atoms with van der Waals surface area (Å²) in [6.07, 6.45) is 0. The van der Waals surface area contributed by atoms with Crippen molar-refractivity contribution in [2.24, 2.45) is 0 Å². The first-order valence-corrected chi connectivity index (χ1v) is 25.3. The van der Waals surface area contributed by atoms with E-state index >= 15 is 0 Å². The standard InChI is InChI=1S/C72H46/c1-43-20-17-21-44(2)62(43)50-36-37-56-60(41-50)67(48-28-13-6-14-29-48)70-58-35-19-33-53-52(38-39-59(68(53)58)71(70)66(56)47-26-11-5-12-27-47)51-40-49-30-18-34-57-63(49)61(42-51)72-65(46-24-9-4-10-25-46)55-32-16-15-31-54(55)64(69(57)72)45-22-7-3-8-23-45/h3-42H,1-2H3. The summed E-state index contributed by atoms with van der Waals surface area (Å²) in [4.78, 5) is 0. The van der Waals surface area contributed by atoms with Gasteiger partial charge in [0.2, 0.25) is 0 Å². The van der Waals surface area contributed by atoms with Crippen LogP contribution in [0.25, 0.3) is 154 Å². The molecule has 0 radical (unpaired) electrons. The number of fused-ring (bicyclic) bond motifs is 8. The first kappa shape index (κ1) is 40.8. The van der Waals surface area contributed by atoms with Crippen molar-refractivity contribution in [3.63, 3.8) is 0 Å². The second-order valence-electron chi connectivity index (χ2n) is 19.9. The summed E-state index contributed by atoms with van der Waals surface area (Å²) in [6.45, 7) is 4.48. The minimum Gasteiger partial charge on any atom is -0.0622 e. The molecule has 0 heterocycles. The minimum absolute atomic E-state index is 1.23. The fourth-order valence-electron chi connectivity index (χ4n) is 13.1. The summed E-state index contributed by atoms with van der Waals surface area (Å²) >= 11 is 0. The molecular formula is C72H46. The average molecular weight is 911 g/mol. The zero-order chi connectivity index (χ0) is 47.6. The fourth-order valence-corrected chi connectivity index (χ4v) is 13.1. The van der Waals surface area contributed by atoms with Gasteiger partial charge in [0, 0.05) is 0 Å². The van der Waals surface area contributed by atoms with Crippen LogP contribution < -0.4 is 0 Å². The van der Waals surface area contributed by atoms with Gasteiger partial charge in [0.05, 0.1) is 0 Å². The third kappa shape index (κ3) is 5.81. The van der Waals surface area contributed by atoms with Crippen molar-refractivity contribution in [3.8, 4) is 111 Å². The third-order valence-electron chi connectivity index (χ3n) is 15.9. The molecule has 0 nitrogen and oxygen atoms in total. The number of rotatable bonds is 6. The smallest absolute Gasteiger partial charge is 0.000720 e. The molecule has 0 atom stereocenters.